The zero-order valence-corrected chi connectivity index (χ0v) is 13.4. The van der Waals surface area contributed by atoms with E-state index in [1.54, 1.807) is 0 Å². The average Bonchev–Trinajstić information content (AvgIpc) is 2.49. The number of hydrogen-bond acceptors (Lipinski definition) is 2. The van der Waals surface area contributed by atoms with Crippen molar-refractivity contribution in [1.29, 1.82) is 0 Å². The Morgan fingerprint density at radius 2 is 1.85 bits per heavy atom. The van der Waals surface area contributed by atoms with Crippen LogP contribution in [0.2, 0.25) is 0 Å². The van der Waals surface area contributed by atoms with E-state index in [0.29, 0.717) is 6.04 Å². The summed E-state index contributed by atoms with van der Waals surface area (Å²) in [6, 6.07) is 9.51. The van der Waals surface area contributed by atoms with Crippen LogP contribution in [0.25, 0.3) is 0 Å². The number of hydrogen-bond donors (Lipinski definition) is 1. The maximum atomic E-state index is 3.68. The van der Waals surface area contributed by atoms with Crippen molar-refractivity contribution in [2.75, 3.05) is 26.7 Å². The highest BCUT2D eigenvalue weighted by atomic mass is 15.1. The first-order valence-corrected chi connectivity index (χ1v) is 8.19. The van der Waals surface area contributed by atoms with Gasteiger partial charge in [0.25, 0.3) is 0 Å². The predicted molar refractivity (Wildman–Crippen MR) is 87.1 cm³/mol. The first-order valence-electron chi connectivity index (χ1n) is 8.19. The molecule has 0 radical (unpaired) electrons. The Kier molecular flexibility index (Phi) is 6.06. The van der Waals surface area contributed by atoms with Crippen LogP contribution in [0, 0.1) is 5.92 Å². The maximum absolute atomic E-state index is 3.68. The zero-order valence-electron chi connectivity index (χ0n) is 13.4. The lowest BCUT2D eigenvalue weighted by Gasteiger charge is -2.29. The van der Waals surface area contributed by atoms with Crippen LogP contribution in [0.3, 0.4) is 0 Å². The summed E-state index contributed by atoms with van der Waals surface area (Å²) in [5.74, 6) is 0.924. The quantitative estimate of drug-likeness (QED) is 0.852. The highest BCUT2D eigenvalue weighted by Gasteiger charge is 2.16. The fourth-order valence-corrected chi connectivity index (χ4v) is 3.01. The minimum Gasteiger partial charge on any atom is -0.310 e. The summed E-state index contributed by atoms with van der Waals surface area (Å²) in [6.07, 6.45) is 5.19. The molecule has 0 aromatic heterocycles. The fourth-order valence-electron chi connectivity index (χ4n) is 3.01. The first kappa shape index (κ1) is 15.5. The van der Waals surface area contributed by atoms with Crippen LogP contribution < -0.4 is 5.32 Å². The molecule has 1 aromatic carbocycles. The van der Waals surface area contributed by atoms with Gasteiger partial charge in [0.05, 0.1) is 0 Å². The summed E-state index contributed by atoms with van der Waals surface area (Å²) in [7, 11) is 2.23. The van der Waals surface area contributed by atoms with Crippen LogP contribution in [0.1, 0.15) is 50.3 Å². The molecule has 1 fully saturated rings. The molecule has 20 heavy (non-hydrogen) atoms. The molecular weight excluding hydrogens is 244 g/mol. The average molecular weight is 274 g/mol. The number of aryl methyl sites for hydroxylation is 1. The second-order valence-corrected chi connectivity index (χ2v) is 6.31. The Bertz CT molecular complexity index is 377. The van der Waals surface area contributed by atoms with Crippen LogP contribution >= 0.6 is 0 Å². The molecule has 1 atom stereocenters. The predicted octanol–water partition coefficient (Wildman–Crippen LogP) is 3.63. The third-order valence-corrected chi connectivity index (χ3v) is 4.73. The van der Waals surface area contributed by atoms with Gasteiger partial charge >= 0.3 is 0 Å². The minimum absolute atomic E-state index is 0.465. The Morgan fingerprint density at radius 3 is 2.45 bits per heavy atom. The van der Waals surface area contributed by atoms with Crippen molar-refractivity contribution >= 4 is 0 Å². The largest absolute Gasteiger partial charge is 0.310 e. The molecule has 0 aliphatic carbocycles. The molecule has 0 amide bonds. The van der Waals surface area contributed by atoms with Gasteiger partial charge in [-0.2, -0.15) is 0 Å². The number of nitrogens with zero attached hydrogens (tertiary/aromatic N) is 1. The van der Waals surface area contributed by atoms with Crippen molar-refractivity contribution in [2.24, 2.45) is 5.92 Å². The lowest BCUT2D eigenvalue weighted by Crippen LogP contribution is -2.32. The van der Waals surface area contributed by atoms with E-state index in [1.807, 2.05) is 0 Å². The van der Waals surface area contributed by atoms with Crippen LogP contribution in [-0.2, 0) is 6.42 Å². The zero-order chi connectivity index (χ0) is 14.4. The molecule has 1 N–H and O–H groups in total. The molecule has 2 rings (SSSR count). The fraction of sp³-hybridized carbons (Fsp3) is 0.667. The van der Waals surface area contributed by atoms with Gasteiger partial charge in [0.2, 0.25) is 0 Å². The van der Waals surface area contributed by atoms with E-state index in [-0.39, 0.29) is 0 Å². The summed E-state index contributed by atoms with van der Waals surface area (Å²) in [4.78, 5) is 2.45. The molecule has 1 aliphatic heterocycles. The molecule has 112 valence electrons. The lowest BCUT2D eigenvalue weighted by molar-refractivity contribution is 0.211. The van der Waals surface area contributed by atoms with Gasteiger partial charge in [-0.3, -0.25) is 0 Å². The van der Waals surface area contributed by atoms with Crippen molar-refractivity contribution in [3.8, 4) is 0 Å². The van der Waals surface area contributed by atoms with Gasteiger partial charge in [0.15, 0.2) is 0 Å². The van der Waals surface area contributed by atoms with Crippen LogP contribution in [0.4, 0.5) is 0 Å². The molecule has 2 nitrogen and oxygen atoms in total. The Hall–Kier alpha value is -0.860. The first-order chi connectivity index (χ1) is 9.69. The van der Waals surface area contributed by atoms with Gasteiger partial charge in [-0.15, -0.1) is 0 Å². The third-order valence-electron chi connectivity index (χ3n) is 4.73. The van der Waals surface area contributed by atoms with Crippen molar-refractivity contribution in [3.63, 3.8) is 0 Å². The molecule has 0 spiro atoms. The number of nitrogens with one attached hydrogen (secondary N) is 1. The molecule has 1 aromatic rings. The second-order valence-electron chi connectivity index (χ2n) is 6.31. The van der Waals surface area contributed by atoms with Gasteiger partial charge in [-0.25, -0.2) is 0 Å². The summed E-state index contributed by atoms with van der Waals surface area (Å²) in [5, 5.41) is 3.68. The molecule has 1 aliphatic rings. The summed E-state index contributed by atoms with van der Waals surface area (Å²) >= 11 is 0. The maximum Gasteiger partial charge on any atom is 0.0291 e. The number of piperidine rings is 1. The molecule has 1 saturated heterocycles. The normalized spacial score (nSPS) is 19.1. The highest BCUT2D eigenvalue weighted by molar-refractivity contribution is 5.24. The van der Waals surface area contributed by atoms with Gasteiger partial charge in [-0.05, 0) is 76.3 Å². The van der Waals surface area contributed by atoms with Crippen molar-refractivity contribution in [2.45, 2.75) is 45.6 Å². The summed E-state index contributed by atoms with van der Waals surface area (Å²) in [5.41, 5.74) is 2.83. The summed E-state index contributed by atoms with van der Waals surface area (Å²) in [6.45, 7) is 8.18. The van der Waals surface area contributed by atoms with E-state index >= 15 is 0 Å². The van der Waals surface area contributed by atoms with Crippen molar-refractivity contribution in [1.82, 2.24) is 10.2 Å². The smallest absolute Gasteiger partial charge is 0.0291 e. The third kappa shape index (κ3) is 4.60. The second kappa shape index (κ2) is 7.80. The molecule has 0 bridgehead atoms. The monoisotopic (exact) mass is 274 g/mol. The van der Waals surface area contributed by atoms with Crippen LogP contribution in [0.5, 0.6) is 0 Å². The minimum atomic E-state index is 0.465. The van der Waals surface area contributed by atoms with Gasteiger partial charge in [0.1, 0.15) is 0 Å². The van der Waals surface area contributed by atoms with Crippen molar-refractivity contribution < 1.29 is 0 Å². The van der Waals surface area contributed by atoms with E-state index in [4.69, 9.17) is 0 Å². The number of rotatable bonds is 6. The molecule has 2 heteroatoms. The van der Waals surface area contributed by atoms with Crippen LogP contribution in [-0.4, -0.2) is 31.6 Å². The molecule has 0 saturated carbocycles. The molecular formula is C18H30N2. The van der Waals surface area contributed by atoms with E-state index in [9.17, 15) is 0 Å². The Morgan fingerprint density at radius 1 is 1.20 bits per heavy atom. The molecule has 1 unspecified atom stereocenters. The number of likely N-dealkylation sites (tertiary alicyclic amines) is 1. The topological polar surface area (TPSA) is 15.3 Å². The van der Waals surface area contributed by atoms with Gasteiger partial charge in [0, 0.05) is 6.04 Å². The van der Waals surface area contributed by atoms with E-state index in [2.05, 4.69) is 55.4 Å². The summed E-state index contributed by atoms with van der Waals surface area (Å²) < 4.78 is 0. The highest BCUT2D eigenvalue weighted by Crippen LogP contribution is 2.20. The van der Waals surface area contributed by atoms with E-state index in [0.717, 1.165) is 18.9 Å². The van der Waals surface area contributed by atoms with Gasteiger partial charge in [-0.1, -0.05) is 31.2 Å². The lowest BCUT2D eigenvalue weighted by atomic mass is 9.93. The number of benzene rings is 1. The molecule has 1 heterocycles. The van der Waals surface area contributed by atoms with E-state index in [1.165, 1.54) is 43.5 Å². The van der Waals surface area contributed by atoms with Crippen LogP contribution in [0.15, 0.2) is 24.3 Å². The Balaban J connectivity index is 1.70. The SMILES string of the molecule is CCc1ccc(C(C)NCCC2CCN(C)CC2)cc1. The van der Waals surface area contributed by atoms with Crippen molar-refractivity contribution in [3.05, 3.63) is 35.4 Å². The van der Waals surface area contributed by atoms with E-state index < -0.39 is 0 Å². The standard InChI is InChI=1S/C18H30N2/c1-4-16-5-7-18(8-6-16)15(2)19-12-9-17-10-13-20(3)14-11-17/h5-8,15,17,19H,4,9-14H2,1-3H3. The Labute approximate surface area is 124 Å². The van der Waals surface area contributed by atoms with Gasteiger partial charge < -0.3 is 10.2 Å².